The van der Waals surface area contributed by atoms with Crippen LogP contribution in [-0.2, 0) is 14.8 Å². The fourth-order valence-corrected chi connectivity index (χ4v) is 9.64. The average molecular weight is 527 g/mol. The van der Waals surface area contributed by atoms with Crippen LogP contribution in [0.2, 0.25) is 0 Å². The van der Waals surface area contributed by atoms with Gasteiger partial charge in [0.2, 0.25) is 10.0 Å². The number of halogens is 2. The number of carbonyl (C=O) groups is 1. The number of nitrogens with zero attached hydrogens (tertiary/aromatic N) is 3. The molecule has 9 nitrogen and oxygen atoms in total. The fourth-order valence-electron chi connectivity index (χ4n) is 7.20. The number of amides is 1. The zero-order chi connectivity index (χ0) is 24.8. The van der Waals surface area contributed by atoms with Gasteiger partial charge >= 0.3 is 0 Å². The van der Waals surface area contributed by atoms with E-state index in [1.54, 1.807) is 10.4 Å². The van der Waals surface area contributed by atoms with E-state index in [4.69, 9.17) is 9.26 Å². The maximum absolute atomic E-state index is 13.4. The molecular formula is C24H32F2N4O5S. The van der Waals surface area contributed by atoms with Gasteiger partial charge in [0.1, 0.15) is 5.76 Å². The van der Waals surface area contributed by atoms with Crippen LogP contribution in [0.25, 0.3) is 0 Å². The topological polar surface area (TPSA) is 105 Å². The maximum atomic E-state index is 13.4. The van der Waals surface area contributed by atoms with E-state index in [-0.39, 0.29) is 53.7 Å². The van der Waals surface area contributed by atoms with Crippen LogP contribution < -0.4 is 5.32 Å². The molecule has 3 unspecified atom stereocenters. The van der Waals surface area contributed by atoms with E-state index in [1.807, 2.05) is 0 Å². The molecule has 2 saturated carbocycles. The number of hydrogen-bond donors (Lipinski definition) is 1. The summed E-state index contributed by atoms with van der Waals surface area (Å²) < 4.78 is 65.5. The maximum Gasteiger partial charge on any atom is 0.273 e. The van der Waals surface area contributed by atoms with Gasteiger partial charge in [0.15, 0.2) is 5.69 Å². The molecule has 12 heteroatoms. The van der Waals surface area contributed by atoms with Gasteiger partial charge in [-0.1, -0.05) is 5.16 Å². The predicted octanol–water partition coefficient (Wildman–Crippen LogP) is 1.68. The van der Waals surface area contributed by atoms with Crippen LogP contribution in [0.5, 0.6) is 0 Å². The first-order chi connectivity index (χ1) is 17.2. The van der Waals surface area contributed by atoms with E-state index in [1.165, 1.54) is 0 Å². The molecule has 1 amide bonds. The van der Waals surface area contributed by atoms with E-state index in [9.17, 15) is 22.0 Å². The lowest BCUT2D eigenvalue weighted by molar-refractivity contribution is -0.00228. The predicted molar refractivity (Wildman–Crippen MR) is 123 cm³/mol. The van der Waals surface area contributed by atoms with Crippen LogP contribution in [0.15, 0.2) is 10.6 Å². The molecule has 6 fully saturated rings. The standard InChI is InChI=1S/C24H32F2N4O5S/c25-24(26)6-14(24)7-29-8-18-19(9-29)20(18)12-36(32,33)30-16-1-2-17(30)4-15(3-16)27-23(31)21-5-22(35-28-21)13-10-34-11-13/h5,13-20H,1-4,6-12H2,(H,27,31)/t14?,15?,16-,17+,18-,19+,20?. The second kappa shape index (κ2) is 8.18. The second-order valence-electron chi connectivity index (χ2n) is 11.9. The van der Waals surface area contributed by atoms with E-state index in [0.717, 1.165) is 25.9 Å². The van der Waals surface area contributed by atoms with Gasteiger partial charge in [0.25, 0.3) is 11.8 Å². The highest BCUT2D eigenvalue weighted by Gasteiger charge is 2.62. The monoisotopic (exact) mass is 526 g/mol. The summed E-state index contributed by atoms with van der Waals surface area (Å²) in [5.41, 5.74) is 0.249. The molecule has 1 aromatic rings. The smallest absolute Gasteiger partial charge is 0.273 e. The van der Waals surface area contributed by atoms with Crippen molar-refractivity contribution >= 4 is 15.9 Å². The summed E-state index contributed by atoms with van der Waals surface area (Å²) in [6, 6.07) is 1.39. The molecule has 5 heterocycles. The number of likely N-dealkylation sites (tertiary alicyclic amines) is 1. The van der Waals surface area contributed by atoms with Gasteiger partial charge in [-0.3, -0.25) is 4.79 Å². The van der Waals surface area contributed by atoms with Gasteiger partial charge in [-0.25, -0.2) is 17.2 Å². The zero-order valence-corrected chi connectivity index (χ0v) is 20.8. The van der Waals surface area contributed by atoms with Crippen molar-refractivity contribution in [1.29, 1.82) is 0 Å². The highest BCUT2D eigenvalue weighted by Crippen LogP contribution is 2.55. The summed E-state index contributed by atoms with van der Waals surface area (Å²) in [5, 5.41) is 6.94. The first-order valence-corrected chi connectivity index (χ1v) is 14.8. The summed E-state index contributed by atoms with van der Waals surface area (Å²) in [6.07, 6.45) is 2.82. The lowest BCUT2D eigenvalue weighted by Gasteiger charge is -2.38. The number of rotatable bonds is 8. The number of sulfonamides is 1. The fraction of sp³-hybridized carbons (Fsp3) is 0.833. The van der Waals surface area contributed by atoms with Crippen LogP contribution in [0.1, 0.15) is 54.3 Å². The molecule has 7 atom stereocenters. The Bertz CT molecular complexity index is 1130. The van der Waals surface area contributed by atoms with Gasteiger partial charge in [-0.2, -0.15) is 4.31 Å². The molecule has 2 bridgehead atoms. The Balaban J connectivity index is 0.921. The zero-order valence-electron chi connectivity index (χ0n) is 20.0. The molecule has 1 aromatic heterocycles. The van der Waals surface area contributed by atoms with Crippen LogP contribution in [0.3, 0.4) is 0 Å². The third-order valence-corrected chi connectivity index (χ3v) is 11.5. The first kappa shape index (κ1) is 23.5. The molecular weight excluding hydrogens is 494 g/mol. The molecule has 0 aromatic carbocycles. The van der Waals surface area contributed by atoms with E-state index in [2.05, 4.69) is 15.4 Å². The minimum atomic E-state index is -3.41. The molecule has 1 N–H and O–H groups in total. The quantitative estimate of drug-likeness (QED) is 0.550. The Morgan fingerprint density at radius 2 is 1.83 bits per heavy atom. The third-order valence-electron chi connectivity index (χ3n) is 9.41. The Labute approximate surface area is 208 Å². The van der Waals surface area contributed by atoms with Gasteiger partial charge < -0.3 is 19.5 Å². The molecule has 4 saturated heterocycles. The summed E-state index contributed by atoms with van der Waals surface area (Å²) in [7, 11) is -3.41. The van der Waals surface area contributed by atoms with Crippen molar-refractivity contribution in [3.05, 3.63) is 17.5 Å². The number of hydrogen-bond acceptors (Lipinski definition) is 7. The highest BCUT2D eigenvalue weighted by atomic mass is 32.2. The van der Waals surface area contributed by atoms with E-state index in [0.29, 0.717) is 50.2 Å². The average Bonchev–Trinajstić information content (AvgIpc) is 3.30. The molecule has 6 aliphatic rings. The number of carbonyl (C=O) groups excluding carboxylic acids is 1. The van der Waals surface area contributed by atoms with Crippen LogP contribution >= 0.6 is 0 Å². The van der Waals surface area contributed by atoms with Crippen molar-refractivity contribution in [2.75, 3.05) is 38.6 Å². The van der Waals surface area contributed by atoms with Gasteiger partial charge in [-0.15, -0.1) is 0 Å². The lowest BCUT2D eigenvalue weighted by atomic mass is 9.99. The molecule has 2 aliphatic carbocycles. The minimum absolute atomic E-state index is 0.00858. The van der Waals surface area contributed by atoms with Crippen molar-refractivity contribution in [3.63, 3.8) is 0 Å². The molecule has 0 spiro atoms. The summed E-state index contributed by atoms with van der Waals surface area (Å²) >= 11 is 0. The van der Waals surface area contributed by atoms with Gasteiger partial charge in [0, 0.05) is 56.2 Å². The Morgan fingerprint density at radius 3 is 2.42 bits per heavy atom. The lowest BCUT2D eigenvalue weighted by Crippen LogP contribution is -2.53. The Hall–Kier alpha value is -1.63. The van der Waals surface area contributed by atoms with Gasteiger partial charge in [0.05, 0.1) is 24.9 Å². The van der Waals surface area contributed by atoms with Crippen molar-refractivity contribution in [3.8, 4) is 0 Å². The summed E-state index contributed by atoms with van der Waals surface area (Å²) in [6.45, 7) is 3.08. The van der Waals surface area contributed by atoms with E-state index < -0.39 is 21.9 Å². The number of alkyl halides is 2. The van der Waals surface area contributed by atoms with Crippen LogP contribution in [0, 0.1) is 23.7 Å². The highest BCUT2D eigenvalue weighted by molar-refractivity contribution is 7.89. The minimum Gasteiger partial charge on any atom is -0.380 e. The Morgan fingerprint density at radius 1 is 1.17 bits per heavy atom. The second-order valence-corrected chi connectivity index (χ2v) is 13.8. The third kappa shape index (κ3) is 4.08. The summed E-state index contributed by atoms with van der Waals surface area (Å²) in [5.74, 6) is -1.54. The molecule has 36 heavy (non-hydrogen) atoms. The van der Waals surface area contributed by atoms with Crippen LogP contribution in [0.4, 0.5) is 8.78 Å². The van der Waals surface area contributed by atoms with Crippen molar-refractivity contribution in [1.82, 2.24) is 19.7 Å². The molecule has 4 aliphatic heterocycles. The number of fused-ring (bicyclic) bond motifs is 3. The largest absolute Gasteiger partial charge is 0.380 e. The molecule has 0 radical (unpaired) electrons. The van der Waals surface area contributed by atoms with Crippen molar-refractivity contribution in [2.45, 2.75) is 62.1 Å². The number of nitrogens with one attached hydrogen (secondary N) is 1. The van der Waals surface area contributed by atoms with E-state index >= 15 is 0 Å². The molecule has 198 valence electrons. The normalized spacial score (nSPS) is 39.6. The van der Waals surface area contributed by atoms with Crippen molar-refractivity contribution < 1.29 is 31.3 Å². The van der Waals surface area contributed by atoms with Gasteiger partial charge in [-0.05, 0) is 43.4 Å². The molecule has 7 rings (SSSR count). The first-order valence-electron chi connectivity index (χ1n) is 13.1. The van der Waals surface area contributed by atoms with Crippen molar-refractivity contribution in [2.24, 2.45) is 23.7 Å². The summed E-state index contributed by atoms with van der Waals surface area (Å²) in [4.78, 5) is 14.8. The Kier molecular flexibility index (Phi) is 5.34. The van der Waals surface area contributed by atoms with Crippen LogP contribution in [-0.4, -0.2) is 91.3 Å². The number of aromatic nitrogens is 1. The number of ether oxygens (including phenoxy) is 1. The SMILES string of the molecule is O=C(NC1C[C@H]2CC[C@@H](C1)N2S(=O)(=O)CC1[C@H]2CN(CC3CC3(F)F)C[C@@H]12)c1cc(C2COC2)on1. The number of piperidine rings is 2.